The molecule has 0 unspecified atom stereocenters. The molecule has 0 aliphatic carbocycles. The molecule has 10 atom stereocenters. The van der Waals surface area contributed by atoms with Crippen molar-refractivity contribution in [1.29, 1.82) is 0 Å². The number of esters is 6. The number of hydrogen-bond donors (Lipinski definition) is 0. The molecule has 53 heavy (non-hydrogen) atoms. The molecule has 0 amide bonds. The van der Waals surface area contributed by atoms with Gasteiger partial charge in [0.1, 0.15) is 18.3 Å². The van der Waals surface area contributed by atoms with E-state index in [1.807, 2.05) is 0 Å². The SMILES string of the molecule is COc1cc2ccc(=O)oc2cc1O[C@H]1O[C@@H](COC(C)=O)[C@H](OC(C)=O)[C@@H](OC(C)=O)[C@@H]1O[C@@H]1O[C@H](C)[C@H](OC(C)=O)[C@H](OC(C)=O)[C@@H]1OC(C)=O. The summed E-state index contributed by atoms with van der Waals surface area (Å²) in [7, 11) is 1.33. The first-order chi connectivity index (χ1) is 25.0. The number of hydrogen-bond acceptors (Lipinski definition) is 19. The van der Waals surface area contributed by atoms with Gasteiger partial charge >= 0.3 is 41.4 Å². The van der Waals surface area contributed by atoms with E-state index in [1.54, 1.807) is 0 Å². The van der Waals surface area contributed by atoms with Crippen LogP contribution in [0, 0.1) is 0 Å². The highest BCUT2D eigenvalue weighted by molar-refractivity contribution is 5.80. The summed E-state index contributed by atoms with van der Waals surface area (Å²) in [5.74, 6) is -4.94. The molecule has 2 aromatic rings. The highest BCUT2D eigenvalue weighted by Crippen LogP contribution is 2.38. The van der Waals surface area contributed by atoms with E-state index < -0.39 is 109 Å². The zero-order chi connectivity index (χ0) is 39.1. The van der Waals surface area contributed by atoms with Crippen LogP contribution in [0.5, 0.6) is 11.5 Å². The molecule has 3 heterocycles. The Bertz CT molecular complexity index is 1750. The van der Waals surface area contributed by atoms with Crippen LogP contribution in [-0.4, -0.2) is 111 Å². The fraction of sp³-hybridized carbons (Fsp3) is 0.559. The Kier molecular flexibility index (Phi) is 13.4. The van der Waals surface area contributed by atoms with Gasteiger partial charge in [0.05, 0.1) is 13.2 Å². The second-order valence-electron chi connectivity index (χ2n) is 11.9. The molecule has 290 valence electrons. The largest absolute Gasteiger partial charge is 0.493 e. The monoisotopic (exact) mass is 752 g/mol. The smallest absolute Gasteiger partial charge is 0.336 e. The molecule has 2 aliphatic rings. The highest BCUT2D eigenvalue weighted by atomic mass is 16.8. The number of rotatable bonds is 12. The van der Waals surface area contributed by atoms with Gasteiger partial charge < -0.3 is 56.5 Å². The van der Waals surface area contributed by atoms with Crippen molar-refractivity contribution in [2.45, 2.75) is 110 Å². The zero-order valence-electron chi connectivity index (χ0n) is 30.0. The van der Waals surface area contributed by atoms with Crippen LogP contribution in [0.3, 0.4) is 0 Å². The second kappa shape index (κ2) is 17.5. The molecule has 4 rings (SSSR count). The summed E-state index contributed by atoms with van der Waals surface area (Å²) in [6.45, 7) is 7.42. The Balaban J connectivity index is 1.88. The summed E-state index contributed by atoms with van der Waals surface area (Å²) in [5, 5.41) is 0.458. The van der Waals surface area contributed by atoms with Crippen molar-refractivity contribution in [3.8, 4) is 11.5 Å². The van der Waals surface area contributed by atoms with Crippen molar-refractivity contribution in [3.05, 3.63) is 34.7 Å². The molecule has 0 spiro atoms. The topological polar surface area (TPSA) is 234 Å². The fourth-order valence-corrected chi connectivity index (χ4v) is 5.80. The van der Waals surface area contributed by atoms with Gasteiger partial charge in [-0.05, 0) is 19.1 Å². The molecular weight excluding hydrogens is 712 g/mol. The average Bonchev–Trinajstić information content (AvgIpc) is 3.04. The van der Waals surface area contributed by atoms with Crippen LogP contribution < -0.4 is 15.1 Å². The average molecular weight is 753 g/mol. The fourth-order valence-electron chi connectivity index (χ4n) is 5.80. The Morgan fingerprint density at radius 2 is 1.17 bits per heavy atom. The van der Waals surface area contributed by atoms with Gasteiger partial charge in [0, 0.05) is 59.1 Å². The lowest BCUT2D eigenvalue weighted by atomic mass is 9.96. The number of carbonyl (C=O) groups is 6. The Morgan fingerprint density at radius 3 is 1.74 bits per heavy atom. The van der Waals surface area contributed by atoms with E-state index in [4.69, 9.17) is 56.5 Å². The molecule has 0 radical (unpaired) electrons. The Labute approximate surface area is 301 Å². The summed E-state index contributed by atoms with van der Waals surface area (Å²) in [4.78, 5) is 85.6. The molecule has 1 aromatic heterocycles. The Hall–Kier alpha value is -5.27. The van der Waals surface area contributed by atoms with Crippen molar-refractivity contribution in [3.63, 3.8) is 0 Å². The molecule has 2 fully saturated rings. The van der Waals surface area contributed by atoms with Gasteiger partial charge in [-0.25, -0.2) is 4.79 Å². The molecular formula is C34H40O19. The van der Waals surface area contributed by atoms with E-state index in [9.17, 15) is 33.6 Å². The standard InChI is InChI=1S/C34H40O19/c1-14-27(45-16(3)36)29(47-18(5)38)31(49-20(7)40)33(44-14)53-32-30(48-19(6)39)28(46-17(4)37)25(13-43-15(2)35)52-34(32)51-24-12-22-21(11-23(24)42-8)9-10-26(41)50-22/h9-12,14,25,27-34H,13H2,1-8H3/t14-,25+,27+,28+,29+,30-,31+,32+,33+,34+/m1/s1. The van der Waals surface area contributed by atoms with Gasteiger partial charge in [-0.15, -0.1) is 0 Å². The second-order valence-corrected chi connectivity index (χ2v) is 11.9. The van der Waals surface area contributed by atoms with Gasteiger partial charge in [-0.2, -0.15) is 0 Å². The van der Waals surface area contributed by atoms with Crippen LogP contribution in [-0.2, 0) is 71.4 Å². The van der Waals surface area contributed by atoms with E-state index in [1.165, 1.54) is 38.3 Å². The van der Waals surface area contributed by atoms with Crippen LogP contribution in [0.2, 0.25) is 0 Å². The lowest BCUT2D eigenvalue weighted by Gasteiger charge is -2.48. The summed E-state index contributed by atoms with van der Waals surface area (Å²) < 4.78 is 68.5. The van der Waals surface area contributed by atoms with Crippen molar-refractivity contribution in [2.75, 3.05) is 13.7 Å². The maximum absolute atomic E-state index is 12.6. The van der Waals surface area contributed by atoms with E-state index in [0.29, 0.717) is 5.39 Å². The lowest BCUT2D eigenvalue weighted by Crippen LogP contribution is -2.67. The van der Waals surface area contributed by atoms with E-state index in [0.717, 1.165) is 41.5 Å². The van der Waals surface area contributed by atoms with Crippen molar-refractivity contribution in [2.24, 2.45) is 0 Å². The molecule has 2 saturated heterocycles. The molecule has 19 heteroatoms. The molecule has 0 bridgehead atoms. The number of ether oxygens (including phenoxy) is 11. The first-order valence-electron chi connectivity index (χ1n) is 16.2. The predicted molar refractivity (Wildman–Crippen MR) is 172 cm³/mol. The first-order valence-corrected chi connectivity index (χ1v) is 16.2. The van der Waals surface area contributed by atoms with Crippen LogP contribution in [0.4, 0.5) is 0 Å². The molecule has 19 nitrogen and oxygen atoms in total. The van der Waals surface area contributed by atoms with Crippen LogP contribution in [0.1, 0.15) is 48.5 Å². The van der Waals surface area contributed by atoms with Gasteiger partial charge in [-0.3, -0.25) is 28.8 Å². The Morgan fingerprint density at radius 1 is 0.623 bits per heavy atom. The summed E-state index contributed by atoms with van der Waals surface area (Å²) in [6, 6.07) is 5.51. The minimum atomic E-state index is -1.71. The minimum absolute atomic E-state index is 0.0764. The van der Waals surface area contributed by atoms with E-state index >= 15 is 0 Å². The van der Waals surface area contributed by atoms with Gasteiger partial charge in [0.15, 0.2) is 54.4 Å². The minimum Gasteiger partial charge on any atom is -0.493 e. The van der Waals surface area contributed by atoms with Crippen LogP contribution >= 0.6 is 0 Å². The summed E-state index contributed by atoms with van der Waals surface area (Å²) >= 11 is 0. The van der Waals surface area contributed by atoms with Gasteiger partial charge in [0.2, 0.25) is 6.29 Å². The number of benzene rings is 1. The maximum Gasteiger partial charge on any atom is 0.336 e. The summed E-state index contributed by atoms with van der Waals surface area (Å²) in [6.07, 6.45) is -15.1. The van der Waals surface area contributed by atoms with Crippen LogP contribution in [0.15, 0.2) is 33.5 Å². The summed E-state index contributed by atoms with van der Waals surface area (Å²) in [5.41, 5.74) is -0.591. The molecule has 0 N–H and O–H groups in total. The van der Waals surface area contributed by atoms with Gasteiger partial charge in [0.25, 0.3) is 0 Å². The number of methoxy groups -OCH3 is 1. The number of fused-ring (bicyclic) bond motifs is 1. The maximum atomic E-state index is 12.6. The quantitative estimate of drug-likeness (QED) is 0.169. The highest BCUT2D eigenvalue weighted by Gasteiger charge is 2.57. The zero-order valence-corrected chi connectivity index (χ0v) is 30.0. The molecule has 0 saturated carbocycles. The molecule has 2 aliphatic heterocycles. The third-order valence-electron chi connectivity index (χ3n) is 7.72. The lowest BCUT2D eigenvalue weighted by molar-refractivity contribution is -0.356. The van der Waals surface area contributed by atoms with Crippen molar-refractivity contribution in [1.82, 2.24) is 0 Å². The molecule has 1 aromatic carbocycles. The third-order valence-corrected chi connectivity index (χ3v) is 7.72. The van der Waals surface area contributed by atoms with Crippen molar-refractivity contribution < 1.29 is 85.3 Å². The van der Waals surface area contributed by atoms with Gasteiger partial charge in [-0.1, -0.05) is 0 Å². The normalized spacial score (nSPS) is 28.2. The van der Waals surface area contributed by atoms with Crippen LogP contribution in [0.25, 0.3) is 11.0 Å². The van der Waals surface area contributed by atoms with E-state index in [2.05, 4.69) is 0 Å². The van der Waals surface area contributed by atoms with E-state index in [-0.39, 0.29) is 17.1 Å². The predicted octanol–water partition coefficient (Wildman–Crippen LogP) is 1.26. The van der Waals surface area contributed by atoms with Crippen molar-refractivity contribution >= 4 is 46.8 Å². The number of carbonyl (C=O) groups excluding carboxylic acids is 6. The third kappa shape index (κ3) is 10.4. The first kappa shape index (κ1) is 40.5.